The van der Waals surface area contributed by atoms with E-state index in [1.807, 2.05) is 7.05 Å². The first-order valence-electron chi connectivity index (χ1n) is 9.97. The van der Waals surface area contributed by atoms with Gasteiger partial charge in [0.25, 0.3) is 0 Å². The minimum Gasteiger partial charge on any atom is -0.481 e. The van der Waals surface area contributed by atoms with Gasteiger partial charge in [-0.05, 0) is 51.4 Å². The van der Waals surface area contributed by atoms with Crippen molar-refractivity contribution in [1.82, 2.24) is 14.9 Å². The molecule has 0 spiro atoms. The lowest BCUT2D eigenvalue weighted by atomic mass is 9.58. The largest absolute Gasteiger partial charge is 0.481 e. The van der Waals surface area contributed by atoms with Gasteiger partial charge in [-0.25, -0.2) is 0 Å². The average molecular weight is 406 g/mol. The summed E-state index contributed by atoms with van der Waals surface area (Å²) in [4.78, 5) is 11.7. The summed E-state index contributed by atoms with van der Waals surface area (Å²) in [5.41, 5.74) is 1.64. The van der Waals surface area contributed by atoms with Crippen LogP contribution in [-0.4, -0.2) is 31.6 Å². The zero-order valence-corrected chi connectivity index (χ0v) is 16.7. The molecule has 0 aliphatic heterocycles. The summed E-state index contributed by atoms with van der Waals surface area (Å²) in [5.74, 6) is 0.654. The predicted molar refractivity (Wildman–Crippen MR) is 101 cm³/mol. The molecule has 2 heterocycles. The maximum atomic E-state index is 11.7. The molecule has 0 saturated heterocycles. The molecule has 2 bridgehead atoms. The number of aliphatic carboxylic acids is 1. The van der Waals surface area contributed by atoms with Gasteiger partial charge >= 0.3 is 5.97 Å². The molecule has 4 saturated carbocycles. The van der Waals surface area contributed by atoms with Gasteiger partial charge in [-0.3, -0.25) is 9.48 Å². The third kappa shape index (κ3) is 2.78. The molecule has 1 N–H and O–H groups in total. The van der Waals surface area contributed by atoms with Crippen LogP contribution >= 0.6 is 11.6 Å². The van der Waals surface area contributed by atoms with Gasteiger partial charge in [0, 0.05) is 13.0 Å². The Bertz CT molecular complexity index is 886. The third-order valence-corrected chi connectivity index (χ3v) is 7.32. The first-order chi connectivity index (χ1) is 13.4. The van der Waals surface area contributed by atoms with E-state index in [9.17, 15) is 9.90 Å². The number of fused-ring (bicyclic) bond motifs is 3. The molecule has 150 valence electrons. The Morgan fingerprint density at radius 2 is 2.00 bits per heavy atom. The summed E-state index contributed by atoms with van der Waals surface area (Å²) in [6.07, 6.45) is 8.30. The highest BCUT2D eigenvalue weighted by Gasteiger charge is 2.53. The zero-order valence-electron chi connectivity index (χ0n) is 15.9. The molecule has 2 aromatic rings. The molecule has 7 nitrogen and oxygen atoms in total. The zero-order chi connectivity index (χ0) is 19.5. The van der Waals surface area contributed by atoms with Gasteiger partial charge in [0.2, 0.25) is 0 Å². The lowest BCUT2D eigenvalue weighted by molar-refractivity contribution is -0.175. The van der Waals surface area contributed by atoms with E-state index in [1.54, 1.807) is 10.9 Å². The van der Waals surface area contributed by atoms with Crippen molar-refractivity contribution in [3.63, 3.8) is 0 Å². The summed E-state index contributed by atoms with van der Waals surface area (Å²) in [5, 5.41) is 18.7. The molecular weight excluding hydrogens is 382 g/mol. The lowest BCUT2D eigenvalue weighted by Gasteiger charge is -2.50. The number of carbonyl (C=O) groups is 1. The normalized spacial score (nSPS) is 29.4. The van der Waals surface area contributed by atoms with Crippen LogP contribution in [0.25, 0.3) is 11.4 Å². The second-order valence-corrected chi connectivity index (χ2v) is 9.08. The molecule has 0 atom stereocenters. The Balaban J connectivity index is 1.40. The van der Waals surface area contributed by atoms with E-state index in [0.29, 0.717) is 42.5 Å². The Morgan fingerprint density at radius 3 is 2.54 bits per heavy atom. The number of rotatable bonds is 6. The van der Waals surface area contributed by atoms with Gasteiger partial charge in [-0.2, -0.15) is 5.10 Å². The van der Waals surface area contributed by atoms with Crippen LogP contribution in [0, 0.1) is 5.41 Å². The fourth-order valence-corrected chi connectivity index (χ4v) is 5.16. The Labute approximate surface area is 168 Å². The monoisotopic (exact) mass is 405 g/mol. The van der Waals surface area contributed by atoms with Gasteiger partial charge in [-0.1, -0.05) is 16.8 Å². The number of aryl methyl sites for hydroxylation is 1. The van der Waals surface area contributed by atoms with E-state index in [1.165, 1.54) is 0 Å². The van der Waals surface area contributed by atoms with Crippen LogP contribution < -0.4 is 0 Å². The maximum absolute atomic E-state index is 11.7. The number of carboxylic acids is 1. The van der Waals surface area contributed by atoms with E-state index >= 15 is 0 Å². The van der Waals surface area contributed by atoms with Crippen LogP contribution in [0.15, 0.2) is 10.7 Å². The van der Waals surface area contributed by atoms with E-state index in [-0.39, 0.29) is 5.60 Å². The van der Waals surface area contributed by atoms with Crippen LogP contribution in [0.4, 0.5) is 0 Å². The summed E-state index contributed by atoms with van der Waals surface area (Å²) < 4.78 is 13.9. The first-order valence-corrected chi connectivity index (χ1v) is 10.3. The number of carboxylic acid groups (broad SMARTS) is 1. The van der Waals surface area contributed by atoms with Crippen molar-refractivity contribution in [2.75, 3.05) is 0 Å². The highest BCUT2D eigenvalue weighted by atomic mass is 35.5. The summed E-state index contributed by atoms with van der Waals surface area (Å²) in [6, 6.07) is 0. The average Bonchev–Trinajstić information content (AvgIpc) is 3.38. The van der Waals surface area contributed by atoms with E-state index in [2.05, 4.69) is 10.3 Å². The van der Waals surface area contributed by atoms with Gasteiger partial charge < -0.3 is 14.4 Å². The van der Waals surface area contributed by atoms with Crippen molar-refractivity contribution in [2.45, 2.75) is 69.5 Å². The van der Waals surface area contributed by atoms with Crippen LogP contribution in [-0.2, 0) is 23.2 Å². The smallest absolute Gasteiger partial charge is 0.309 e. The quantitative estimate of drug-likeness (QED) is 0.770. The van der Waals surface area contributed by atoms with Crippen molar-refractivity contribution in [1.29, 1.82) is 0 Å². The molecule has 28 heavy (non-hydrogen) atoms. The highest BCUT2D eigenvalue weighted by Crippen LogP contribution is 2.54. The van der Waals surface area contributed by atoms with Gasteiger partial charge in [-0.15, -0.1) is 0 Å². The molecule has 0 aromatic carbocycles. The maximum Gasteiger partial charge on any atom is 0.309 e. The van der Waals surface area contributed by atoms with Crippen LogP contribution in [0.3, 0.4) is 0 Å². The van der Waals surface area contributed by atoms with Gasteiger partial charge in [0.05, 0.1) is 34.4 Å². The molecule has 8 heteroatoms. The number of ether oxygens (including phenoxy) is 1. The fourth-order valence-electron chi connectivity index (χ4n) is 4.90. The van der Waals surface area contributed by atoms with Crippen molar-refractivity contribution in [3.8, 4) is 11.4 Å². The molecule has 0 unspecified atom stereocenters. The molecule has 0 radical (unpaired) electrons. The van der Waals surface area contributed by atoms with Gasteiger partial charge in [0.15, 0.2) is 0 Å². The molecule has 2 aromatic heterocycles. The van der Waals surface area contributed by atoms with E-state index < -0.39 is 11.4 Å². The topological polar surface area (TPSA) is 90.4 Å². The Morgan fingerprint density at radius 1 is 1.32 bits per heavy atom. The van der Waals surface area contributed by atoms with Crippen molar-refractivity contribution >= 4 is 17.6 Å². The second-order valence-electron chi connectivity index (χ2n) is 8.67. The first kappa shape index (κ1) is 18.2. The molecule has 4 fully saturated rings. The minimum absolute atomic E-state index is 0.233. The van der Waals surface area contributed by atoms with Crippen LogP contribution in [0.2, 0.25) is 5.02 Å². The molecule has 4 aliphatic carbocycles. The van der Waals surface area contributed by atoms with Crippen molar-refractivity contribution in [2.24, 2.45) is 12.5 Å². The van der Waals surface area contributed by atoms with E-state index in [4.69, 9.17) is 20.9 Å². The van der Waals surface area contributed by atoms with Crippen molar-refractivity contribution in [3.05, 3.63) is 22.5 Å². The SMILES string of the molecule is Cn1ncc(Cl)c1-c1noc(C2CC2)c1COC12CCC(C(=O)O)(CC1)CC2. The number of aromatic nitrogens is 3. The molecule has 4 aliphatic rings. The molecule has 0 amide bonds. The molecule has 6 rings (SSSR count). The standard InChI is InChI=1S/C20H24ClN3O4/c1-24-16(14(21)10-22-24)15-13(17(28-23-15)12-2-3-12)11-27-20-7-4-19(5-8-20,6-9-20)18(25)26/h10,12H,2-9,11H2,1H3,(H,25,26). The highest BCUT2D eigenvalue weighted by molar-refractivity contribution is 6.33. The summed E-state index contributed by atoms with van der Waals surface area (Å²) in [7, 11) is 1.84. The number of hydrogen-bond donors (Lipinski definition) is 1. The summed E-state index contributed by atoms with van der Waals surface area (Å²) >= 11 is 6.35. The van der Waals surface area contributed by atoms with Crippen LogP contribution in [0.5, 0.6) is 0 Å². The summed E-state index contributed by atoms with van der Waals surface area (Å²) in [6.45, 7) is 0.409. The predicted octanol–water partition coefficient (Wildman–Crippen LogP) is 4.30. The number of nitrogens with zero attached hydrogens (tertiary/aromatic N) is 3. The second kappa shape index (κ2) is 6.32. The Kier molecular flexibility index (Phi) is 4.11. The molecular formula is C20H24ClN3O4. The third-order valence-electron chi connectivity index (χ3n) is 7.04. The minimum atomic E-state index is -0.649. The van der Waals surface area contributed by atoms with Crippen molar-refractivity contribution < 1.29 is 19.2 Å². The van der Waals surface area contributed by atoms with Crippen LogP contribution in [0.1, 0.15) is 68.6 Å². The Hall–Kier alpha value is -1.86. The number of hydrogen-bond acceptors (Lipinski definition) is 5. The van der Waals surface area contributed by atoms with Gasteiger partial charge in [0.1, 0.15) is 17.1 Å². The van der Waals surface area contributed by atoms with E-state index in [0.717, 1.165) is 49.1 Å². The number of halogens is 1. The lowest BCUT2D eigenvalue weighted by Crippen LogP contribution is -2.50. The fraction of sp³-hybridized carbons (Fsp3) is 0.650.